The van der Waals surface area contributed by atoms with Crippen LogP contribution in [-0.2, 0) is 10.9 Å². The molecule has 3 heterocycles. The van der Waals surface area contributed by atoms with Crippen molar-refractivity contribution in [3.8, 4) is 0 Å². The third-order valence-electron chi connectivity index (χ3n) is 5.43. The van der Waals surface area contributed by atoms with Gasteiger partial charge in [-0.15, -0.1) is 0 Å². The minimum atomic E-state index is -4.49. The zero-order valence-electron chi connectivity index (χ0n) is 16.9. The number of para-hydroxylation sites is 2. The number of amidine groups is 1. The van der Waals surface area contributed by atoms with Crippen LogP contribution in [-0.4, -0.2) is 66.6 Å². The van der Waals surface area contributed by atoms with Gasteiger partial charge in [-0.25, -0.2) is 9.98 Å². The number of nitrogens with zero attached hydrogens (tertiary/aromatic N) is 4. The molecule has 4 rings (SSSR count). The quantitative estimate of drug-likeness (QED) is 0.768. The van der Waals surface area contributed by atoms with Gasteiger partial charge in [-0.1, -0.05) is 30.4 Å². The molecule has 6 nitrogen and oxygen atoms in total. The highest BCUT2D eigenvalue weighted by Crippen LogP contribution is 2.42. The van der Waals surface area contributed by atoms with E-state index in [-0.39, 0.29) is 11.7 Å². The zero-order chi connectivity index (χ0) is 21.3. The van der Waals surface area contributed by atoms with Gasteiger partial charge in [0.2, 0.25) is 5.01 Å². The predicted octanol–water partition coefficient (Wildman–Crippen LogP) is 4.34. The number of ether oxygens (including phenoxy) is 1. The van der Waals surface area contributed by atoms with E-state index >= 15 is 0 Å². The van der Waals surface area contributed by atoms with Crippen LogP contribution in [0.4, 0.5) is 29.5 Å². The number of fused-ring (bicyclic) bond motifs is 2. The minimum Gasteiger partial charge on any atom is -0.385 e. The molecular formula is C20H24F3N5OS. The van der Waals surface area contributed by atoms with E-state index < -0.39 is 11.2 Å². The average molecular weight is 440 g/mol. The summed E-state index contributed by atoms with van der Waals surface area (Å²) in [6, 6.07) is 7.61. The molecule has 10 heteroatoms. The number of piperazine rings is 1. The lowest BCUT2D eigenvalue weighted by Crippen LogP contribution is -2.55. The number of aromatic nitrogens is 1. The molecule has 30 heavy (non-hydrogen) atoms. The Kier molecular flexibility index (Phi) is 5.99. The van der Waals surface area contributed by atoms with Crippen molar-refractivity contribution in [1.29, 1.82) is 0 Å². The second kappa shape index (κ2) is 8.52. The lowest BCUT2D eigenvalue weighted by molar-refractivity contribution is -0.137. The second-order valence-corrected chi connectivity index (χ2v) is 8.28. The summed E-state index contributed by atoms with van der Waals surface area (Å²) in [6.45, 7) is 5.82. The normalized spacial score (nSPS) is 19.6. The van der Waals surface area contributed by atoms with E-state index in [1.54, 1.807) is 7.11 Å². The van der Waals surface area contributed by atoms with Crippen LogP contribution in [0, 0.1) is 0 Å². The van der Waals surface area contributed by atoms with Crippen LogP contribution in [0.2, 0.25) is 0 Å². The number of thiazole rings is 1. The monoisotopic (exact) mass is 439 g/mol. The number of hydrogen-bond acceptors (Lipinski definition) is 7. The lowest BCUT2D eigenvalue weighted by atomic mass is 10.1. The highest BCUT2D eigenvalue weighted by molar-refractivity contribution is 7.16. The maximum absolute atomic E-state index is 13.4. The summed E-state index contributed by atoms with van der Waals surface area (Å²) >= 11 is 0.622. The number of anilines is 2. The molecule has 2 aliphatic heterocycles. The molecular weight excluding hydrogens is 415 g/mol. The highest BCUT2D eigenvalue weighted by Gasteiger charge is 2.39. The molecule has 0 bridgehead atoms. The van der Waals surface area contributed by atoms with E-state index in [4.69, 9.17) is 9.73 Å². The maximum atomic E-state index is 13.4. The predicted molar refractivity (Wildman–Crippen MR) is 112 cm³/mol. The molecule has 1 aromatic heterocycles. The molecule has 0 saturated carbocycles. The van der Waals surface area contributed by atoms with Crippen molar-refractivity contribution >= 4 is 33.5 Å². The molecule has 0 amide bonds. The number of alkyl halides is 3. The van der Waals surface area contributed by atoms with E-state index in [1.807, 2.05) is 24.3 Å². The Hall–Kier alpha value is -2.17. The van der Waals surface area contributed by atoms with E-state index in [2.05, 4.69) is 27.0 Å². The Balaban J connectivity index is 1.73. The summed E-state index contributed by atoms with van der Waals surface area (Å²) < 4.78 is 45.4. The smallest absolute Gasteiger partial charge is 0.385 e. The number of halogens is 3. The fourth-order valence-electron chi connectivity index (χ4n) is 3.89. The van der Waals surface area contributed by atoms with Crippen molar-refractivity contribution in [2.75, 3.05) is 45.2 Å². The van der Waals surface area contributed by atoms with Gasteiger partial charge in [0.05, 0.1) is 11.4 Å². The number of benzene rings is 1. The number of likely N-dealkylation sites (N-methyl/N-ethyl adjacent to an activating group) is 1. The number of methoxy groups -OCH3 is 1. The Morgan fingerprint density at radius 3 is 2.80 bits per heavy atom. The van der Waals surface area contributed by atoms with Crippen LogP contribution in [0.3, 0.4) is 0 Å². The fourth-order valence-corrected chi connectivity index (χ4v) is 4.73. The number of hydrogen-bond donors (Lipinski definition) is 1. The van der Waals surface area contributed by atoms with Crippen molar-refractivity contribution in [2.45, 2.75) is 25.6 Å². The summed E-state index contributed by atoms with van der Waals surface area (Å²) in [5.41, 5.74) is 1.63. The Morgan fingerprint density at radius 1 is 1.27 bits per heavy atom. The van der Waals surface area contributed by atoms with Gasteiger partial charge in [0.1, 0.15) is 10.7 Å². The third-order valence-corrected chi connectivity index (χ3v) is 6.44. The van der Waals surface area contributed by atoms with Crippen LogP contribution in [0.15, 0.2) is 29.3 Å². The first-order chi connectivity index (χ1) is 14.4. The van der Waals surface area contributed by atoms with Crippen LogP contribution in [0.1, 0.15) is 24.0 Å². The average Bonchev–Trinajstić information content (AvgIpc) is 3.09. The topological polar surface area (TPSA) is 53.0 Å². The number of aliphatic imine (C=N–C) groups is 1. The van der Waals surface area contributed by atoms with E-state index in [1.165, 1.54) is 0 Å². The van der Waals surface area contributed by atoms with Crippen molar-refractivity contribution in [3.63, 3.8) is 0 Å². The molecule has 0 aliphatic carbocycles. The van der Waals surface area contributed by atoms with E-state index in [0.29, 0.717) is 53.2 Å². The molecule has 2 aromatic rings. The summed E-state index contributed by atoms with van der Waals surface area (Å²) in [6.07, 6.45) is -3.65. The number of rotatable bonds is 4. The van der Waals surface area contributed by atoms with Crippen molar-refractivity contribution in [2.24, 2.45) is 4.99 Å². The van der Waals surface area contributed by atoms with Gasteiger partial charge < -0.3 is 15.0 Å². The first-order valence-corrected chi connectivity index (χ1v) is 10.7. The van der Waals surface area contributed by atoms with Crippen molar-refractivity contribution < 1.29 is 17.9 Å². The first-order valence-electron chi connectivity index (χ1n) is 9.91. The molecule has 1 aromatic carbocycles. The van der Waals surface area contributed by atoms with Gasteiger partial charge in [-0.3, -0.25) is 4.90 Å². The van der Waals surface area contributed by atoms with Crippen LogP contribution < -0.4 is 5.32 Å². The third kappa shape index (κ3) is 4.17. The Bertz CT molecular complexity index is 929. The van der Waals surface area contributed by atoms with Crippen LogP contribution >= 0.6 is 11.3 Å². The van der Waals surface area contributed by atoms with Crippen molar-refractivity contribution in [1.82, 2.24) is 14.8 Å². The molecule has 0 spiro atoms. The van der Waals surface area contributed by atoms with Crippen LogP contribution in [0.5, 0.6) is 0 Å². The SMILES string of the molecule is CCN1CCN(C2=Nc3ccccc3Nc3sc(C(F)(F)F)nc32)C[C@@H]1CCOC. The maximum Gasteiger partial charge on any atom is 0.443 e. The molecule has 1 atom stereocenters. The van der Waals surface area contributed by atoms with Gasteiger partial charge >= 0.3 is 6.18 Å². The standard InChI is InChI=1S/C20H24F3N5OS/c1-3-27-9-10-28(12-13(27)8-11-29-2)17-16-18(30-19(26-16)20(21,22)23)25-15-7-5-4-6-14(15)24-17/h4-7,13,25H,3,8-12H2,1-2H3/t13-/m0/s1. The van der Waals surface area contributed by atoms with Gasteiger partial charge in [-0.2, -0.15) is 13.2 Å². The largest absolute Gasteiger partial charge is 0.443 e. The highest BCUT2D eigenvalue weighted by atomic mass is 32.1. The lowest BCUT2D eigenvalue weighted by Gasteiger charge is -2.42. The Labute approximate surface area is 177 Å². The number of nitrogens with one attached hydrogen (secondary N) is 1. The van der Waals surface area contributed by atoms with Crippen LogP contribution in [0.25, 0.3) is 0 Å². The molecule has 0 unspecified atom stereocenters. The van der Waals surface area contributed by atoms with Gasteiger partial charge in [-0.05, 0) is 25.1 Å². The molecule has 1 fully saturated rings. The first kappa shape index (κ1) is 21.1. The Morgan fingerprint density at radius 2 is 2.07 bits per heavy atom. The summed E-state index contributed by atoms with van der Waals surface area (Å²) in [5.74, 6) is 0.493. The van der Waals surface area contributed by atoms with Gasteiger partial charge in [0, 0.05) is 39.4 Å². The summed E-state index contributed by atoms with van der Waals surface area (Å²) in [5, 5.41) is 2.62. The summed E-state index contributed by atoms with van der Waals surface area (Å²) in [7, 11) is 1.68. The molecule has 1 saturated heterocycles. The van der Waals surface area contributed by atoms with Crippen molar-refractivity contribution in [3.05, 3.63) is 35.0 Å². The van der Waals surface area contributed by atoms with E-state index in [9.17, 15) is 13.2 Å². The molecule has 0 radical (unpaired) electrons. The van der Waals surface area contributed by atoms with E-state index in [0.717, 1.165) is 19.5 Å². The zero-order valence-corrected chi connectivity index (χ0v) is 17.7. The molecule has 1 N–H and O–H groups in total. The molecule has 2 aliphatic rings. The fraction of sp³-hybridized carbons (Fsp3) is 0.500. The van der Waals surface area contributed by atoms with Gasteiger partial charge in [0.25, 0.3) is 0 Å². The molecule has 162 valence electrons. The second-order valence-electron chi connectivity index (χ2n) is 7.28. The van der Waals surface area contributed by atoms with Gasteiger partial charge in [0.15, 0.2) is 5.84 Å². The summed E-state index contributed by atoms with van der Waals surface area (Å²) in [4.78, 5) is 13.2. The minimum absolute atomic E-state index is 0.238.